The van der Waals surface area contributed by atoms with E-state index >= 15 is 0 Å². The molecule has 27 heavy (non-hydrogen) atoms. The van der Waals surface area contributed by atoms with Crippen molar-refractivity contribution in [2.45, 2.75) is 20.3 Å². The van der Waals surface area contributed by atoms with Gasteiger partial charge in [0, 0.05) is 44.6 Å². The number of ether oxygens (including phenoxy) is 1. The lowest BCUT2D eigenvalue weighted by atomic mass is 10.2. The molecule has 0 N–H and O–H groups in total. The molecule has 1 aromatic carbocycles. The number of aryl methyl sites for hydroxylation is 1. The Labute approximate surface area is 160 Å². The maximum Gasteiger partial charge on any atom is 0.255 e. The second-order valence-electron chi connectivity index (χ2n) is 6.93. The normalized spacial score (nSPS) is 14.3. The largest absolute Gasteiger partial charge is 0.493 e. The molecule has 1 aliphatic rings. The third-order valence-electron chi connectivity index (χ3n) is 5.25. The summed E-state index contributed by atoms with van der Waals surface area (Å²) in [6.07, 6.45) is 0.347. The predicted molar refractivity (Wildman–Crippen MR) is 104 cm³/mol. The Morgan fingerprint density at radius 3 is 2.22 bits per heavy atom. The van der Waals surface area contributed by atoms with Crippen LogP contribution in [0.15, 0.2) is 36.4 Å². The van der Waals surface area contributed by atoms with Crippen LogP contribution in [0.1, 0.15) is 28.2 Å². The molecule has 0 bridgehead atoms. The molecule has 1 aliphatic heterocycles. The minimum absolute atomic E-state index is 0.0516. The van der Waals surface area contributed by atoms with E-state index in [1.807, 2.05) is 71.7 Å². The molecule has 1 fully saturated rings. The first kappa shape index (κ1) is 19.0. The molecule has 0 atom stereocenters. The Kier molecular flexibility index (Phi) is 5.84. The predicted octanol–water partition coefficient (Wildman–Crippen LogP) is 2.40. The van der Waals surface area contributed by atoms with Crippen LogP contribution in [-0.4, -0.2) is 59.0 Å². The molecule has 0 spiro atoms. The van der Waals surface area contributed by atoms with Crippen molar-refractivity contribution >= 4 is 11.8 Å². The summed E-state index contributed by atoms with van der Waals surface area (Å²) in [4.78, 5) is 28.8. The van der Waals surface area contributed by atoms with Crippen LogP contribution in [0.5, 0.6) is 5.75 Å². The van der Waals surface area contributed by atoms with Gasteiger partial charge < -0.3 is 19.1 Å². The van der Waals surface area contributed by atoms with E-state index in [0.29, 0.717) is 39.2 Å². The van der Waals surface area contributed by atoms with Crippen LogP contribution in [0.25, 0.3) is 0 Å². The molecule has 1 saturated heterocycles. The lowest BCUT2D eigenvalue weighted by molar-refractivity contribution is -0.133. The fourth-order valence-electron chi connectivity index (χ4n) is 3.33. The Hall–Kier alpha value is -2.76. The van der Waals surface area contributed by atoms with Gasteiger partial charge in [0.25, 0.3) is 5.91 Å². The number of benzene rings is 1. The molecular weight excluding hydrogens is 342 g/mol. The molecule has 6 nitrogen and oxygen atoms in total. The number of piperazine rings is 1. The van der Waals surface area contributed by atoms with E-state index < -0.39 is 0 Å². The van der Waals surface area contributed by atoms with E-state index in [1.54, 1.807) is 0 Å². The van der Waals surface area contributed by atoms with Crippen LogP contribution in [0, 0.1) is 13.8 Å². The first-order valence-corrected chi connectivity index (χ1v) is 9.35. The molecule has 1 aromatic heterocycles. The van der Waals surface area contributed by atoms with Gasteiger partial charge in [-0.15, -0.1) is 0 Å². The van der Waals surface area contributed by atoms with Gasteiger partial charge >= 0.3 is 0 Å². The van der Waals surface area contributed by atoms with E-state index in [-0.39, 0.29) is 11.8 Å². The van der Waals surface area contributed by atoms with Crippen LogP contribution in [0.3, 0.4) is 0 Å². The van der Waals surface area contributed by atoms with Crippen LogP contribution in [0.4, 0.5) is 0 Å². The summed E-state index contributed by atoms with van der Waals surface area (Å²) in [6, 6.07) is 11.4. The van der Waals surface area contributed by atoms with Crippen molar-refractivity contribution in [3.05, 3.63) is 53.3 Å². The number of carbonyl (C=O) groups is 2. The van der Waals surface area contributed by atoms with Gasteiger partial charge in [-0.05, 0) is 32.0 Å². The molecule has 0 radical (unpaired) electrons. The summed E-state index contributed by atoms with van der Waals surface area (Å²) < 4.78 is 7.62. The zero-order valence-corrected chi connectivity index (χ0v) is 16.3. The van der Waals surface area contributed by atoms with Gasteiger partial charge in [-0.1, -0.05) is 18.2 Å². The van der Waals surface area contributed by atoms with E-state index in [0.717, 1.165) is 22.7 Å². The highest BCUT2D eigenvalue weighted by atomic mass is 16.5. The van der Waals surface area contributed by atoms with Crippen molar-refractivity contribution in [1.82, 2.24) is 14.4 Å². The molecule has 0 saturated carbocycles. The molecular formula is C21H27N3O3. The van der Waals surface area contributed by atoms with E-state index in [1.165, 1.54) is 0 Å². The lowest BCUT2D eigenvalue weighted by Gasteiger charge is -2.34. The summed E-state index contributed by atoms with van der Waals surface area (Å²) in [5, 5.41) is 0. The minimum Gasteiger partial charge on any atom is -0.493 e. The van der Waals surface area contributed by atoms with Gasteiger partial charge in [0.15, 0.2) is 0 Å². The summed E-state index contributed by atoms with van der Waals surface area (Å²) in [5.74, 6) is 0.898. The first-order valence-electron chi connectivity index (χ1n) is 9.35. The average molecular weight is 369 g/mol. The van der Waals surface area contributed by atoms with Crippen molar-refractivity contribution in [3.8, 4) is 5.75 Å². The van der Waals surface area contributed by atoms with Gasteiger partial charge in [-0.3, -0.25) is 9.59 Å². The molecule has 2 amide bonds. The quantitative estimate of drug-likeness (QED) is 0.813. The molecule has 144 valence electrons. The van der Waals surface area contributed by atoms with Gasteiger partial charge in [0.05, 0.1) is 18.6 Å². The number of aromatic nitrogens is 1. The number of para-hydroxylation sites is 1. The van der Waals surface area contributed by atoms with E-state index in [4.69, 9.17) is 4.74 Å². The Balaban J connectivity index is 1.47. The number of amides is 2. The second kappa shape index (κ2) is 8.29. The van der Waals surface area contributed by atoms with Crippen LogP contribution >= 0.6 is 0 Å². The van der Waals surface area contributed by atoms with Crippen LogP contribution in [0.2, 0.25) is 0 Å². The maximum absolute atomic E-state index is 12.8. The van der Waals surface area contributed by atoms with Gasteiger partial charge in [0.2, 0.25) is 5.91 Å². The second-order valence-corrected chi connectivity index (χ2v) is 6.93. The molecule has 2 heterocycles. The zero-order valence-electron chi connectivity index (χ0n) is 16.3. The number of rotatable bonds is 5. The maximum atomic E-state index is 12.8. The summed E-state index contributed by atoms with van der Waals surface area (Å²) in [5.41, 5.74) is 2.81. The monoisotopic (exact) mass is 369 g/mol. The smallest absolute Gasteiger partial charge is 0.255 e. The van der Waals surface area contributed by atoms with Crippen molar-refractivity contribution in [2.24, 2.45) is 7.05 Å². The molecule has 0 aliphatic carbocycles. The fraction of sp³-hybridized carbons (Fsp3) is 0.429. The fourth-order valence-corrected chi connectivity index (χ4v) is 3.33. The van der Waals surface area contributed by atoms with E-state index in [9.17, 15) is 9.59 Å². The average Bonchev–Trinajstić information content (AvgIpc) is 2.95. The highest BCUT2D eigenvalue weighted by Gasteiger charge is 2.26. The van der Waals surface area contributed by atoms with Crippen LogP contribution in [-0.2, 0) is 11.8 Å². The minimum atomic E-state index is 0.0516. The number of hydrogen-bond donors (Lipinski definition) is 0. The molecule has 6 heteroatoms. The SMILES string of the molecule is Cc1cc(C(=O)N2CCN(C(=O)CCOc3ccccc3)CC2)c(C)n1C. The van der Waals surface area contributed by atoms with Gasteiger partial charge in [0.1, 0.15) is 5.75 Å². The first-order chi connectivity index (χ1) is 13.0. The van der Waals surface area contributed by atoms with Gasteiger partial charge in [-0.25, -0.2) is 0 Å². The zero-order chi connectivity index (χ0) is 19.4. The highest BCUT2D eigenvalue weighted by Crippen LogP contribution is 2.17. The van der Waals surface area contributed by atoms with Crippen molar-refractivity contribution < 1.29 is 14.3 Å². The molecule has 2 aromatic rings. The van der Waals surface area contributed by atoms with Crippen molar-refractivity contribution in [3.63, 3.8) is 0 Å². The molecule has 0 unspecified atom stereocenters. The van der Waals surface area contributed by atoms with Crippen LogP contribution < -0.4 is 4.74 Å². The number of hydrogen-bond acceptors (Lipinski definition) is 3. The Morgan fingerprint density at radius 1 is 1.00 bits per heavy atom. The third kappa shape index (κ3) is 4.32. The number of nitrogens with zero attached hydrogens (tertiary/aromatic N) is 3. The summed E-state index contributed by atoms with van der Waals surface area (Å²) >= 11 is 0. The highest BCUT2D eigenvalue weighted by molar-refractivity contribution is 5.96. The standard InChI is InChI=1S/C21H27N3O3/c1-16-15-19(17(2)22(16)3)21(26)24-12-10-23(11-13-24)20(25)9-14-27-18-7-5-4-6-8-18/h4-8,15H,9-14H2,1-3H3. The molecule has 3 rings (SSSR count). The van der Waals surface area contributed by atoms with Crippen molar-refractivity contribution in [2.75, 3.05) is 32.8 Å². The summed E-state index contributed by atoms with van der Waals surface area (Å²) in [6.45, 7) is 6.60. The Morgan fingerprint density at radius 2 is 1.63 bits per heavy atom. The summed E-state index contributed by atoms with van der Waals surface area (Å²) in [7, 11) is 1.97. The third-order valence-corrected chi connectivity index (χ3v) is 5.25. The lowest BCUT2D eigenvalue weighted by Crippen LogP contribution is -2.50. The number of carbonyl (C=O) groups excluding carboxylic acids is 2. The Bertz CT molecular complexity index is 806. The topological polar surface area (TPSA) is 54.8 Å². The van der Waals surface area contributed by atoms with Gasteiger partial charge in [-0.2, -0.15) is 0 Å². The van der Waals surface area contributed by atoms with Crippen molar-refractivity contribution in [1.29, 1.82) is 0 Å². The van der Waals surface area contributed by atoms with E-state index in [2.05, 4.69) is 0 Å².